The molecule has 2 atom stereocenters. The van der Waals surface area contributed by atoms with Gasteiger partial charge < -0.3 is 0 Å². The second-order valence-corrected chi connectivity index (χ2v) is 53.6. The van der Waals surface area contributed by atoms with Crippen molar-refractivity contribution in [3.8, 4) is 0 Å². The van der Waals surface area contributed by atoms with Crippen molar-refractivity contribution in [2.24, 2.45) is 0 Å². The Hall–Kier alpha value is -0.340. The molecule has 0 fully saturated rings. The quantitative estimate of drug-likeness (QED) is 0.109. The van der Waals surface area contributed by atoms with Crippen molar-refractivity contribution in [1.29, 1.82) is 0 Å². The van der Waals surface area contributed by atoms with Gasteiger partial charge in [-0.1, -0.05) is 0 Å². The van der Waals surface area contributed by atoms with E-state index in [2.05, 4.69) is 133 Å². The summed E-state index contributed by atoms with van der Waals surface area (Å²) in [6.45, 7) is 34.6. The molecule has 0 aromatic heterocycles. The molecule has 0 saturated heterocycles. The number of fused-ring (bicyclic) bond motifs is 2. The Labute approximate surface area is 333 Å². The summed E-state index contributed by atoms with van der Waals surface area (Å²) in [5.41, 5.74) is 16.9. The van der Waals surface area contributed by atoms with E-state index in [0.29, 0.717) is 23.7 Å². The first-order valence-electron chi connectivity index (χ1n) is 22.4. The SMILES string of the molecule is CCC[CH2][Hf]([CH2]CCC)([CH2][CH2][Hf]([CH2]CCC)([CH2]CCC)[CH]1C(C)=Cc2c(C(C)C)cc(C(C)C)cc21)[CH]1C(C)=Cc2c(C(C)C)cc(C(C)C)cc21. The molecule has 2 aromatic carbocycles. The van der Waals surface area contributed by atoms with E-state index in [1.807, 2.05) is 0 Å². The fraction of sp³-hybridized carbons (Fsp3) is 0.680. The molecule has 2 aliphatic rings. The molecule has 0 N–H and O–H groups in total. The molecule has 0 nitrogen and oxygen atoms in total. The van der Waals surface area contributed by atoms with Crippen LogP contribution in [0.5, 0.6) is 0 Å². The maximum atomic E-state index is 2.75. The third-order valence-electron chi connectivity index (χ3n) is 13.8. The zero-order valence-electron chi connectivity index (χ0n) is 36.8. The number of unbranched alkanes of at least 4 members (excludes halogenated alkanes) is 4. The Morgan fingerprint density at radius 3 is 1.00 bits per heavy atom. The van der Waals surface area contributed by atoms with Crippen LogP contribution in [0.25, 0.3) is 12.2 Å². The van der Waals surface area contributed by atoms with Crippen molar-refractivity contribution in [2.75, 3.05) is 0 Å². The van der Waals surface area contributed by atoms with E-state index in [-0.39, 0.29) is 0 Å². The number of rotatable bonds is 21. The van der Waals surface area contributed by atoms with Gasteiger partial charge in [0.2, 0.25) is 0 Å². The summed E-state index contributed by atoms with van der Waals surface area (Å²) in [6.07, 6.45) is 16.7. The molecular formula is C50H82Hf2. The monoisotopic (exact) mass is 1040 g/mol. The van der Waals surface area contributed by atoms with Crippen LogP contribution in [0.3, 0.4) is 0 Å². The van der Waals surface area contributed by atoms with E-state index in [0.717, 1.165) is 7.35 Å². The van der Waals surface area contributed by atoms with Crippen LogP contribution in [-0.2, 0) is 39.9 Å². The molecule has 0 amide bonds. The second-order valence-electron chi connectivity index (χ2n) is 19.1. The van der Waals surface area contributed by atoms with Crippen molar-refractivity contribution >= 4 is 12.2 Å². The second kappa shape index (κ2) is 19.7. The molecule has 0 radical (unpaired) electrons. The minimum absolute atomic E-state index is 0.573. The molecule has 290 valence electrons. The molecule has 0 aliphatic heterocycles. The Kier molecular flexibility index (Phi) is 16.8. The van der Waals surface area contributed by atoms with Gasteiger partial charge in [0.1, 0.15) is 0 Å². The first-order valence-corrected chi connectivity index (χ1v) is 41.8. The van der Waals surface area contributed by atoms with Crippen molar-refractivity contribution in [3.63, 3.8) is 0 Å². The van der Waals surface area contributed by atoms with Crippen LogP contribution in [0.15, 0.2) is 35.4 Å². The van der Waals surface area contributed by atoms with Crippen LogP contribution in [0.4, 0.5) is 0 Å². The van der Waals surface area contributed by atoms with Gasteiger partial charge in [0.15, 0.2) is 0 Å². The average Bonchev–Trinajstić information content (AvgIpc) is 3.63. The molecule has 0 spiro atoms. The van der Waals surface area contributed by atoms with Crippen LogP contribution >= 0.6 is 0 Å². The summed E-state index contributed by atoms with van der Waals surface area (Å²) < 4.78 is 11.3. The summed E-state index contributed by atoms with van der Waals surface area (Å²) in [7, 11) is 0. The summed E-state index contributed by atoms with van der Waals surface area (Å²) >= 11 is -6.09. The van der Waals surface area contributed by atoms with Gasteiger partial charge in [-0.3, -0.25) is 0 Å². The standard InChI is InChI=1S/2C16H21.4C4H9.C2H4.2Hf/c2*1-10(2)13-8-14-6-12(5)7-16(14)15(9-13)11(3)4;4*1-3-4-2;1-2;;/h2*6-11H,1-5H3;4*1,3-4H2,2H3;1-2H2;;. The van der Waals surface area contributed by atoms with Gasteiger partial charge >= 0.3 is 336 Å². The molecule has 0 saturated carbocycles. The van der Waals surface area contributed by atoms with Crippen molar-refractivity contribution in [2.45, 2.75) is 204 Å². The fourth-order valence-electron chi connectivity index (χ4n) is 10.8. The summed E-state index contributed by atoms with van der Waals surface area (Å²) in [5.74, 6) is 2.31. The predicted octanol–water partition coefficient (Wildman–Crippen LogP) is 17.8. The first kappa shape index (κ1) is 44.4. The third-order valence-corrected chi connectivity index (χ3v) is 62.9. The van der Waals surface area contributed by atoms with Gasteiger partial charge in [-0.15, -0.1) is 0 Å². The van der Waals surface area contributed by atoms with E-state index in [1.54, 1.807) is 80.7 Å². The number of hydrogen-bond acceptors (Lipinski definition) is 0. The first-order chi connectivity index (χ1) is 24.7. The molecule has 4 rings (SSSR count). The van der Waals surface area contributed by atoms with E-state index in [1.165, 1.54) is 51.4 Å². The molecule has 0 bridgehead atoms. The number of benzene rings is 2. The molecule has 2 aliphatic carbocycles. The van der Waals surface area contributed by atoms with Gasteiger partial charge in [0, 0.05) is 0 Å². The van der Waals surface area contributed by atoms with Gasteiger partial charge in [-0.25, -0.2) is 0 Å². The number of allylic oxidation sites excluding steroid dienone is 2. The van der Waals surface area contributed by atoms with Gasteiger partial charge in [-0.05, 0) is 0 Å². The summed E-state index contributed by atoms with van der Waals surface area (Å²) in [4.78, 5) is 0. The van der Waals surface area contributed by atoms with Crippen LogP contribution < -0.4 is 0 Å². The zero-order valence-corrected chi connectivity index (χ0v) is 44.0. The molecule has 0 heterocycles. The normalized spacial score (nSPS) is 17.5. The summed E-state index contributed by atoms with van der Waals surface area (Å²) in [6, 6.07) is 10.7. The molecule has 2 heteroatoms. The van der Waals surface area contributed by atoms with Gasteiger partial charge in [0.05, 0.1) is 0 Å². The van der Waals surface area contributed by atoms with E-state index in [9.17, 15) is 0 Å². The van der Waals surface area contributed by atoms with E-state index >= 15 is 0 Å². The van der Waals surface area contributed by atoms with Gasteiger partial charge in [-0.2, -0.15) is 0 Å². The topological polar surface area (TPSA) is 0 Å². The molecule has 2 aromatic rings. The Morgan fingerprint density at radius 1 is 0.442 bits per heavy atom. The van der Waals surface area contributed by atoms with Crippen molar-refractivity contribution in [1.82, 2.24) is 0 Å². The predicted molar refractivity (Wildman–Crippen MR) is 230 cm³/mol. The molecule has 52 heavy (non-hydrogen) atoms. The maximum absolute atomic E-state index is 3.05. The third kappa shape index (κ3) is 9.60. The fourth-order valence-corrected chi connectivity index (χ4v) is 84.5. The Bertz CT molecular complexity index is 1400. The van der Waals surface area contributed by atoms with E-state index < -0.39 is 39.9 Å². The van der Waals surface area contributed by atoms with Crippen LogP contribution in [0.2, 0.25) is 25.1 Å². The van der Waals surface area contributed by atoms with Crippen LogP contribution in [-0.4, -0.2) is 0 Å². The zero-order chi connectivity index (χ0) is 38.4. The Balaban J connectivity index is 1.95. The molecule has 2 unspecified atom stereocenters. The average molecular weight is 1040 g/mol. The van der Waals surface area contributed by atoms with Crippen LogP contribution in [0, 0.1) is 0 Å². The minimum atomic E-state index is -3.05. The van der Waals surface area contributed by atoms with Gasteiger partial charge in [0.25, 0.3) is 0 Å². The van der Waals surface area contributed by atoms with E-state index in [4.69, 9.17) is 0 Å². The van der Waals surface area contributed by atoms with Crippen LogP contribution in [0.1, 0.15) is 224 Å². The number of hydrogen-bond donors (Lipinski definition) is 0. The molecular weight excluding hydrogens is 958 g/mol. The van der Waals surface area contributed by atoms with Crippen molar-refractivity contribution in [3.05, 3.63) is 79.9 Å². The summed E-state index contributed by atoms with van der Waals surface area (Å²) in [5, 5.41) is 0. The van der Waals surface area contributed by atoms with Crippen molar-refractivity contribution < 1.29 is 39.9 Å². The Morgan fingerprint density at radius 2 is 0.750 bits per heavy atom.